The van der Waals surface area contributed by atoms with E-state index in [1.165, 1.54) is 23.8 Å². The fourth-order valence-electron chi connectivity index (χ4n) is 2.40. The summed E-state index contributed by atoms with van der Waals surface area (Å²) < 4.78 is 7.05. The molecule has 2 rings (SSSR count). The number of ether oxygens (including phenoxy) is 1. The van der Waals surface area contributed by atoms with Gasteiger partial charge in [-0.2, -0.15) is 4.98 Å². The molecule has 2 heterocycles. The number of aliphatic hydroxyl groups is 1. The molecule has 0 aliphatic carbocycles. The standard InChI is InChI=1S/C13H19N3O4/c1-4-9-11(18)7(2)12(20-9)16-6-5-10(14-8(3)17)15-13(16)19/h5-7,9,11-12,18H,4H2,1-3H3,(H,14,15,17,19)/t7-,9-,11?,12-/m1/s1. The van der Waals surface area contributed by atoms with Crippen molar-refractivity contribution >= 4 is 11.7 Å². The number of nitrogens with one attached hydrogen (secondary N) is 1. The molecule has 2 N–H and O–H groups in total. The molecule has 20 heavy (non-hydrogen) atoms. The SMILES string of the molecule is CC[C@H]1O[C@@H](n2ccc(NC(C)=O)nc2=O)[C@H](C)C1O. The number of rotatable bonds is 3. The lowest BCUT2D eigenvalue weighted by Gasteiger charge is -2.18. The minimum absolute atomic E-state index is 0.203. The highest BCUT2D eigenvalue weighted by atomic mass is 16.5. The summed E-state index contributed by atoms with van der Waals surface area (Å²) in [5, 5.41) is 12.5. The minimum atomic E-state index is -0.605. The second kappa shape index (κ2) is 5.72. The lowest BCUT2D eigenvalue weighted by Crippen LogP contribution is -2.31. The molecular formula is C13H19N3O4. The lowest BCUT2D eigenvalue weighted by atomic mass is 10.0. The minimum Gasteiger partial charge on any atom is -0.390 e. The van der Waals surface area contributed by atoms with Gasteiger partial charge in [-0.15, -0.1) is 0 Å². The summed E-state index contributed by atoms with van der Waals surface area (Å²) in [5.74, 6) is -0.287. The molecule has 0 radical (unpaired) electrons. The van der Waals surface area contributed by atoms with Crippen molar-refractivity contribution in [1.29, 1.82) is 0 Å². The third kappa shape index (κ3) is 2.73. The average molecular weight is 281 g/mol. The Bertz CT molecular complexity index is 557. The van der Waals surface area contributed by atoms with Crippen LogP contribution in [0.1, 0.15) is 33.4 Å². The van der Waals surface area contributed by atoms with E-state index in [2.05, 4.69) is 10.3 Å². The van der Waals surface area contributed by atoms with Crippen LogP contribution in [-0.4, -0.2) is 32.8 Å². The molecule has 1 unspecified atom stereocenters. The molecule has 7 nitrogen and oxygen atoms in total. The number of hydrogen-bond donors (Lipinski definition) is 2. The van der Waals surface area contributed by atoms with E-state index >= 15 is 0 Å². The van der Waals surface area contributed by atoms with E-state index in [9.17, 15) is 14.7 Å². The van der Waals surface area contributed by atoms with Crippen LogP contribution in [0.4, 0.5) is 5.82 Å². The monoisotopic (exact) mass is 281 g/mol. The van der Waals surface area contributed by atoms with Crippen molar-refractivity contribution in [3.05, 3.63) is 22.7 Å². The van der Waals surface area contributed by atoms with Crippen LogP contribution < -0.4 is 11.0 Å². The fourth-order valence-corrected chi connectivity index (χ4v) is 2.40. The van der Waals surface area contributed by atoms with Crippen LogP contribution in [0.5, 0.6) is 0 Å². The largest absolute Gasteiger partial charge is 0.390 e. The first-order valence-electron chi connectivity index (χ1n) is 6.64. The molecule has 1 aromatic rings. The second-order valence-corrected chi connectivity index (χ2v) is 5.01. The third-order valence-corrected chi connectivity index (χ3v) is 3.49. The van der Waals surface area contributed by atoms with Crippen molar-refractivity contribution in [3.8, 4) is 0 Å². The molecule has 0 aromatic carbocycles. The molecule has 4 atom stereocenters. The van der Waals surface area contributed by atoms with Gasteiger partial charge in [-0.25, -0.2) is 4.79 Å². The fraction of sp³-hybridized carbons (Fsp3) is 0.615. The van der Waals surface area contributed by atoms with Gasteiger partial charge in [-0.3, -0.25) is 9.36 Å². The van der Waals surface area contributed by atoms with Crippen molar-refractivity contribution in [2.24, 2.45) is 5.92 Å². The Morgan fingerprint density at radius 3 is 2.80 bits per heavy atom. The van der Waals surface area contributed by atoms with Crippen LogP contribution in [0.2, 0.25) is 0 Å². The number of amides is 1. The van der Waals surface area contributed by atoms with Gasteiger partial charge in [0.15, 0.2) is 0 Å². The van der Waals surface area contributed by atoms with Gasteiger partial charge >= 0.3 is 5.69 Å². The maximum absolute atomic E-state index is 12.0. The highest BCUT2D eigenvalue weighted by Crippen LogP contribution is 2.34. The van der Waals surface area contributed by atoms with Crippen LogP contribution in [0.15, 0.2) is 17.1 Å². The Morgan fingerprint density at radius 2 is 2.30 bits per heavy atom. The summed E-state index contributed by atoms with van der Waals surface area (Å²) in [5.41, 5.74) is -0.517. The molecule has 1 saturated heterocycles. The molecule has 1 amide bonds. The number of carbonyl (C=O) groups excluding carboxylic acids is 1. The zero-order valence-corrected chi connectivity index (χ0v) is 11.7. The van der Waals surface area contributed by atoms with Crippen molar-refractivity contribution in [2.45, 2.75) is 45.6 Å². The summed E-state index contributed by atoms with van der Waals surface area (Å²) in [4.78, 5) is 26.7. The summed E-state index contributed by atoms with van der Waals surface area (Å²) in [6.07, 6.45) is 0.769. The quantitative estimate of drug-likeness (QED) is 0.841. The van der Waals surface area contributed by atoms with Crippen molar-refractivity contribution in [3.63, 3.8) is 0 Å². The van der Waals surface area contributed by atoms with Gasteiger partial charge in [0.1, 0.15) is 12.0 Å². The summed E-state index contributed by atoms with van der Waals surface area (Å²) >= 11 is 0. The van der Waals surface area contributed by atoms with E-state index in [-0.39, 0.29) is 23.7 Å². The van der Waals surface area contributed by atoms with E-state index in [1.807, 2.05) is 13.8 Å². The van der Waals surface area contributed by atoms with E-state index in [0.29, 0.717) is 6.42 Å². The maximum atomic E-state index is 12.0. The summed E-state index contributed by atoms with van der Waals surface area (Å²) in [6.45, 7) is 5.10. The van der Waals surface area contributed by atoms with Crippen LogP contribution >= 0.6 is 0 Å². The molecule has 0 saturated carbocycles. The first-order chi connectivity index (χ1) is 9.43. The predicted octanol–water partition coefficient (Wildman–Crippen LogP) is 0.506. The summed E-state index contributed by atoms with van der Waals surface area (Å²) in [7, 11) is 0. The number of hydrogen-bond acceptors (Lipinski definition) is 5. The summed E-state index contributed by atoms with van der Waals surface area (Å²) in [6, 6.07) is 1.53. The topological polar surface area (TPSA) is 93.5 Å². The lowest BCUT2D eigenvalue weighted by molar-refractivity contribution is -0.114. The zero-order chi connectivity index (χ0) is 14.9. The highest BCUT2D eigenvalue weighted by Gasteiger charge is 2.41. The van der Waals surface area contributed by atoms with E-state index in [4.69, 9.17) is 4.74 Å². The van der Waals surface area contributed by atoms with E-state index in [1.54, 1.807) is 0 Å². The smallest absolute Gasteiger partial charge is 0.351 e. The van der Waals surface area contributed by atoms with Crippen LogP contribution in [-0.2, 0) is 9.53 Å². The first-order valence-corrected chi connectivity index (χ1v) is 6.64. The molecule has 1 fully saturated rings. The van der Waals surface area contributed by atoms with Gasteiger partial charge in [-0.1, -0.05) is 13.8 Å². The number of carbonyl (C=O) groups is 1. The third-order valence-electron chi connectivity index (χ3n) is 3.49. The average Bonchev–Trinajstić information content (AvgIpc) is 2.66. The maximum Gasteiger partial charge on any atom is 0.351 e. The normalized spacial score (nSPS) is 29.4. The van der Waals surface area contributed by atoms with Crippen molar-refractivity contribution in [2.75, 3.05) is 5.32 Å². The van der Waals surface area contributed by atoms with Gasteiger partial charge in [0, 0.05) is 19.0 Å². The highest BCUT2D eigenvalue weighted by molar-refractivity contribution is 5.87. The first kappa shape index (κ1) is 14.7. The van der Waals surface area contributed by atoms with Crippen LogP contribution in [0, 0.1) is 5.92 Å². The van der Waals surface area contributed by atoms with E-state index < -0.39 is 18.0 Å². The Morgan fingerprint density at radius 1 is 1.60 bits per heavy atom. The molecule has 110 valence electrons. The zero-order valence-electron chi connectivity index (χ0n) is 11.7. The molecule has 7 heteroatoms. The Balaban J connectivity index is 2.26. The van der Waals surface area contributed by atoms with Crippen LogP contribution in [0.3, 0.4) is 0 Å². The molecule has 0 bridgehead atoms. The Kier molecular flexibility index (Phi) is 4.20. The number of anilines is 1. The molecule has 1 aliphatic heterocycles. The Labute approximate surface area is 116 Å². The number of nitrogens with zero attached hydrogens (tertiary/aromatic N) is 2. The molecule has 0 spiro atoms. The van der Waals surface area contributed by atoms with Gasteiger partial charge in [-0.05, 0) is 12.5 Å². The Hall–Kier alpha value is -1.73. The molecular weight excluding hydrogens is 262 g/mol. The number of aliphatic hydroxyl groups excluding tert-OH is 1. The molecule has 1 aromatic heterocycles. The molecule has 1 aliphatic rings. The van der Waals surface area contributed by atoms with E-state index in [0.717, 1.165) is 0 Å². The van der Waals surface area contributed by atoms with Gasteiger partial charge in [0.05, 0.1) is 12.2 Å². The number of aromatic nitrogens is 2. The van der Waals surface area contributed by atoms with Crippen molar-refractivity contribution < 1.29 is 14.6 Å². The van der Waals surface area contributed by atoms with Crippen molar-refractivity contribution in [1.82, 2.24) is 9.55 Å². The predicted molar refractivity (Wildman–Crippen MR) is 72.2 cm³/mol. The van der Waals surface area contributed by atoms with Gasteiger partial charge < -0.3 is 15.2 Å². The van der Waals surface area contributed by atoms with Gasteiger partial charge in [0.25, 0.3) is 0 Å². The second-order valence-electron chi connectivity index (χ2n) is 5.01. The van der Waals surface area contributed by atoms with Gasteiger partial charge in [0.2, 0.25) is 5.91 Å². The van der Waals surface area contributed by atoms with Crippen LogP contribution in [0.25, 0.3) is 0 Å².